The molecular weight excluding hydrogens is 446 g/mol. The van der Waals surface area contributed by atoms with Crippen LogP contribution in [-0.4, -0.2) is 37.4 Å². The van der Waals surface area contributed by atoms with Gasteiger partial charge in [-0.15, -0.1) is 0 Å². The predicted octanol–water partition coefficient (Wildman–Crippen LogP) is 8.08. The van der Waals surface area contributed by atoms with Crippen molar-refractivity contribution in [3.63, 3.8) is 0 Å². The lowest BCUT2D eigenvalue weighted by Crippen LogP contribution is -2.44. The van der Waals surface area contributed by atoms with E-state index in [0.717, 1.165) is 18.7 Å². The molecular formula is C32H50NO3+. The first-order valence-electron chi connectivity index (χ1n) is 14.2. The molecule has 2 rings (SSSR count). The summed E-state index contributed by atoms with van der Waals surface area (Å²) in [5.74, 6) is 0.543. The summed E-state index contributed by atoms with van der Waals surface area (Å²) in [5.41, 5.74) is 2.49. The molecule has 0 radical (unpaired) electrons. The molecule has 2 aromatic rings. The van der Waals surface area contributed by atoms with E-state index in [0.29, 0.717) is 17.4 Å². The van der Waals surface area contributed by atoms with E-state index >= 15 is 0 Å². The van der Waals surface area contributed by atoms with E-state index < -0.39 is 6.29 Å². The van der Waals surface area contributed by atoms with Crippen molar-refractivity contribution in [1.29, 1.82) is 0 Å². The van der Waals surface area contributed by atoms with Crippen LogP contribution in [0.15, 0.2) is 54.6 Å². The van der Waals surface area contributed by atoms with E-state index in [1.165, 1.54) is 75.3 Å². The summed E-state index contributed by atoms with van der Waals surface area (Å²) in [5, 5.41) is 0. The van der Waals surface area contributed by atoms with Gasteiger partial charge in [0.2, 0.25) is 6.29 Å². The predicted molar refractivity (Wildman–Crippen MR) is 150 cm³/mol. The number of esters is 1. The van der Waals surface area contributed by atoms with Crippen molar-refractivity contribution in [2.45, 2.75) is 104 Å². The van der Waals surface area contributed by atoms with E-state index in [1.54, 1.807) is 0 Å². The van der Waals surface area contributed by atoms with Gasteiger partial charge in [0.25, 0.3) is 0 Å². The molecule has 0 heterocycles. The highest BCUT2D eigenvalue weighted by Crippen LogP contribution is 2.19. The molecule has 0 aliphatic carbocycles. The Morgan fingerprint density at radius 2 is 1.39 bits per heavy atom. The van der Waals surface area contributed by atoms with Crippen LogP contribution in [0.2, 0.25) is 0 Å². The Morgan fingerprint density at radius 3 is 2.03 bits per heavy atom. The Morgan fingerprint density at radius 1 is 0.778 bits per heavy atom. The zero-order valence-electron chi connectivity index (χ0n) is 23.3. The molecule has 36 heavy (non-hydrogen) atoms. The summed E-state index contributed by atoms with van der Waals surface area (Å²) < 4.78 is 12.3. The van der Waals surface area contributed by atoms with Crippen molar-refractivity contribution < 1.29 is 18.8 Å². The number of rotatable bonds is 19. The number of ether oxygens (including phenoxy) is 2. The third-order valence-corrected chi connectivity index (χ3v) is 6.59. The number of aryl methyl sites for hydroxylation is 1. The molecule has 1 unspecified atom stereocenters. The fourth-order valence-corrected chi connectivity index (χ4v) is 4.60. The van der Waals surface area contributed by atoms with Crippen LogP contribution in [0.25, 0.3) is 0 Å². The standard InChI is InChI=1S/C32H50NO3/c1-5-7-8-9-10-11-12-13-14-16-20-28-23-19-24-30(25-28)35-32(6-2)36-31(34)27-33(3,4)26-29-21-17-15-18-22-29/h15,17-19,21-25,32H,5-14,16,20,26-27H2,1-4H3/q+1. The Balaban J connectivity index is 1.70. The molecule has 0 spiro atoms. The summed E-state index contributed by atoms with van der Waals surface area (Å²) >= 11 is 0. The van der Waals surface area contributed by atoms with Crippen LogP contribution >= 0.6 is 0 Å². The lowest BCUT2D eigenvalue weighted by atomic mass is 10.0. The molecule has 4 nitrogen and oxygen atoms in total. The monoisotopic (exact) mass is 496 g/mol. The number of nitrogens with zero attached hydrogens (tertiary/aromatic N) is 1. The Bertz CT molecular complexity index is 849. The molecule has 0 saturated heterocycles. The summed E-state index contributed by atoms with van der Waals surface area (Å²) in [7, 11) is 4.10. The van der Waals surface area contributed by atoms with E-state index in [4.69, 9.17) is 9.47 Å². The largest absolute Gasteiger partial charge is 0.455 e. The Kier molecular flexibility index (Phi) is 14.3. The smallest absolute Gasteiger partial charge is 0.364 e. The maximum atomic E-state index is 12.7. The number of quaternary nitrogens is 1. The van der Waals surface area contributed by atoms with E-state index in [9.17, 15) is 4.79 Å². The van der Waals surface area contributed by atoms with Gasteiger partial charge in [0.15, 0.2) is 6.54 Å². The first-order valence-corrected chi connectivity index (χ1v) is 14.2. The lowest BCUT2D eigenvalue weighted by molar-refractivity contribution is -0.896. The zero-order valence-corrected chi connectivity index (χ0v) is 23.3. The summed E-state index contributed by atoms with van der Waals surface area (Å²) in [4.78, 5) is 12.7. The van der Waals surface area contributed by atoms with Gasteiger partial charge in [0.1, 0.15) is 12.3 Å². The molecule has 0 fully saturated rings. The second kappa shape index (κ2) is 17.2. The van der Waals surface area contributed by atoms with Gasteiger partial charge in [-0.05, 0) is 30.5 Å². The molecule has 0 aromatic heterocycles. The van der Waals surface area contributed by atoms with Gasteiger partial charge in [-0.3, -0.25) is 0 Å². The maximum Gasteiger partial charge on any atom is 0.364 e. The molecule has 0 aliphatic heterocycles. The highest BCUT2D eigenvalue weighted by atomic mass is 16.7. The molecule has 0 N–H and O–H groups in total. The van der Waals surface area contributed by atoms with Crippen LogP contribution < -0.4 is 4.74 Å². The maximum absolute atomic E-state index is 12.7. The van der Waals surface area contributed by atoms with Gasteiger partial charge in [-0.25, -0.2) is 4.79 Å². The number of hydrogen-bond acceptors (Lipinski definition) is 3. The molecule has 1 atom stereocenters. The minimum Gasteiger partial charge on any atom is -0.455 e. The molecule has 0 bridgehead atoms. The minimum absolute atomic E-state index is 0.232. The molecule has 0 amide bonds. The van der Waals surface area contributed by atoms with Crippen LogP contribution in [0.3, 0.4) is 0 Å². The molecule has 200 valence electrons. The van der Waals surface area contributed by atoms with Crippen molar-refractivity contribution in [1.82, 2.24) is 0 Å². The Hall–Kier alpha value is -2.33. The van der Waals surface area contributed by atoms with Gasteiger partial charge < -0.3 is 14.0 Å². The van der Waals surface area contributed by atoms with Gasteiger partial charge in [-0.1, -0.05) is 114 Å². The van der Waals surface area contributed by atoms with Crippen LogP contribution in [0.1, 0.15) is 95.6 Å². The summed E-state index contributed by atoms with van der Waals surface area (Å²) in [6.07, 6.45) is 14.6. The minimum atomic E-state index is -0.568. The fraction of sp³-hybridized carbons (Fsp3) is 0.594. The highest BCUT2D eigenvalue weighted by Gasteiger charge is 2.24. The van der Waals surface area contributed by atoms with Crippen molar-refractivity contribution in [2.75, 3.05) is 20.6 Å². The van der Waals surface area contributed by atoms with Gasteiger partial charge >= 0.3 is 5.97 Å². The first kappa shape index (κ1) is 29.9. The second-order valence-electron chi connectivity index (χ2n) is 10.8. The van der Waals surface area contributed by atoms with Gasteiger partial charge in [0.05, 0.1) is 14.1 Å². The van der Waals surface area contributed by atoms with Crippen molar-refractivity contribution in [2.24, 2.45) is 0 Å². The van der Waals surface area contributed by atoms with Crippen LogP contribution in [-0.2, 0) is 22.5 Å². The van der Waals surface area contributed by atoms with Crippen molar-refractivity contribution >= 4 is 5.97 Å². The summed E-state index contributed by atoms with van der Waals surface area (Å²) in [6.45, 7) is 5.33. The van der Waals surface area contributed by atoms with E-state index in [2.05, 4.69) is 31.2 Å². The molecule has 4 heteroatoms. The van der Waals surface area contributed by atoms with Gasteiger partial charge in [-0.2, -0.15) is 0 Å². The fourth-order valence-electron chi connectivity index (χ4n) is 4.60. The number of hydrogen-bond donors (Lipinski definition) is 0. The number of unbranched alkanes of at least 4 members (excludes halogenated alkanes) is 9. The van der Waals surface area contributed by atoms with Crippen LogP contribution in [0.4, 0.5) is 0 Å². The Labute approximate surface area is 220 Å². The third kappa shape index (κ3) is 13.1. The average Bonchev–Trinajstić information content (AvgIpc) is 2.85. The molecule has 0 saturated carbocycles. The van der Waals surface area contributed by atoms with Gasteiger partial charge in [0, 0.05) is 12.0 Å². The third-order valence-electron chi connectivity index (χ3n) is 6.59. The first-order chi connectivity index (χ1) is 17.4. The highest BCUT2D eigenvalue weighted by molar-refractivity contribution is 5.70. The van der Waals surface area contributed by atoms with E-state index in [1.807, 2.05) is 51.4 Å². The topological polar surface area (TPSA) is 35.5 Å². The molecule has 0 aliphatic rings. The normalized spacial score (nSPS) is 12.3. The van der Waals surface area contributed by atoms with Crippen molar-refractivity contribution in [3.8, 4) is 5.75 Å². The van der Waals surface area contributed by atoms with Crippen LogP contribution in [0.5, 0.6) is 5.75 Å². The number of carbonyl (C=O) groups is 1. The molecule has 2 aromatic carbocycles. The number of likely N-dealkylation sites (N-methyl/N-ethyl adjacent to an activating group) is 1. The summed E-state index contributed by atoms with van der Waals surface area (Å²) in [6, 6.07) is 18.5. The average molecular weight is 497 g/mol. The number of benzene rings is 2. The lowest BCUT2D eigenvalue weighted by Gasteiger charge is -2.29. The quantitative estimate of drug-likeness (QED) is 0.0853. The van der Waals surface area contributed by atoms with Crippen molar-refractivity contribution in [3.05, 3.63) is 65.7 Å². The SMILES string of the molecule is CCCCCCCCCCCCc1cccc(OC(CC)OC(=O)C[N+](C)(C)Cc2ccccc2)c1. The zero-order chi connectivity index (χ0) is 26.1. The van der Waals surface area contributed by atoms with Crippen LogP contribution in [0, 0.1) is 0 Å². The second-order valence-corrected chi connectivity index (χ2v) is 10.8. The number of carbonyl (C=O) groups excluding carboxylic acids is 1. The van der Waals surface area contributed by atoms with E-state index in [-0.39, 0.29) is 5.97 Å².